The van der Waals surface area contributed by atoms with Crippen LogP contribution in [-0.4, -0.2) is 23.4 Å². The monoisotopic (exact) mass is 263 g/mol. The van der Waals surface area contributed by atoms with Crippen molar-refractivity contribution in [3.63, 3.8) is 0 Å². The maximum absolute atomic E-state index is 11.7. The fourth-order valence-electron chi connectivity index (χ4n) is 2.61. The van der Waals surface area contributed by atoms with Crippen molar-refractivity contribution in [2.24, 2.45) is 0 Å². The third kappa shape index (κ3) is 1.54. The summed E-state index contributed by atoms with van der Waals surface area (Å²) in [4.78, 5) is 14.9. The van der Waals surface area contributed by atoms with Gasteiger partial charge in [-0.05, 0) is 24.5 Å². The van der Waals surface area contributed by atoms with Gasteiger partial charge in [-0.25, -0.2) is 0 Å². The summed E-state index contributed by atoms with van der Waals surface area (Å²) < 4.78 is 4.77. The number of methoxy groups -OCH3 is 1. The fraction of sp³-hybridized carbons (Fsp3) is 0.357. The summed E-state index contributed by atoms with van der Waals surface area (Å²) >= 11 is 6.29. The Morgan fingerprint density at radius 3 is 2.83 bits per heavy atom. The standard InChI is InChI=1S/C14H14ClNO2/c1-18-13(17)12(15)14(6-7-14)10-8-16-11-5-3-2-4-9(10)11/h2-5,8,12,16H,6-7H2,1H3. The number of esters is 1. The number of para-hydroxylation sites is 1. The van der Waals surface area contributed by atoms with Gasteiger partial charge < -0.3 is 9.72 Å². The highest BCUT2D eigenvalue weighted by molar-refractivity contribution is 6.31. The van der Waals surface area contributed by atoms with Gasteiger partial charge in [0.1, 0.15) is 5.38 Å². The van der Waals surface area contributed by atoms with Crippen LogP contribution < -0.4 is 0 Å². The number of aromatic amines is 1. The number of ether oxygens (including phenoxy) is 1. The van der Waals surface area contributed by atoms with Crippen molar-refractivity contribution in [2.75, 3.05) is 7.11 Å². The van der Waals surface area contributed by atoms with Gasteiger partial charge in [0.2, 0.25) is 0 Å². The van der Waals surface area contributed by atoms with E-state index in [1.54, 1.807) is 0 Å². The van der Waals surface area contributed by atoms with Crippen molar-refractivity contribution >= 4 is 28.5 Å². The van der Waals surface area contributed by atoms with E-state index in [1.807, 2.05) is 24.4 Å². The predicted molar refractivity (Wildman–Crippen MR) is 70.9 cm³/mol. The lowest BCUT2D eigenvalue weighted by Gasteiger charge is -2.19. The fourth-order valence-corrected chi connectivity index (χ4v) is 3.03. The first-order chi connectivity index (χ1) is 8.69. The van der Waals surface area contributed by atoms with Crippen molar-refractivity contribution in [3.8, 4) is 0 Å². The summed E-state index contributed by atoms with van der Waals surface area (Å²) in [6.45, 7) is 0. The van der Waals surface area contributed by atoms with E-state index in [0.29, 0.717) is 0 Å². The van der Waals surface area contributed by atoms with Gasteiger partial charge in [-0.1, -0.05) is 18.2 Å². The predicted octanol–water partition coefficient (Wildman–Crippen LogP) is 2.98. The van der Waals surface area contributed by atoms with Gasteiger partial charge in [0.15, 0.2) is 0 Å². The average molecular weight is 264 g/mol. The second-order valence-corrected chi connectivity index (χ2v) is 5.23. The molecule has 1 atom stereocenters. The third-order valence-corrected chi connectivity index (χ3v) is 4.40. The number of benzene rings is 1. The van der Waals surface area contributed by atoms with Gasteiger partial charge in [-0.3, -0.25) is 4.79 Å². The number of carbonyl (C=O) groups excluding carboxylic acids is 1. The molecule has 1 fully saturated rings. The Labute approximate surface area is 110 Å². The van der Waals surface area contributed by atoms with Crippen LogP contribution in [0.15, 0.2) is 30.5 Å². The molecule has 4 heteroatoms. The lowest BCUT2D eigenvalue weighted by atomic mass is 9.91. The molecule has 1 saturated carbocycles. The molecule has 0 radical (unpaired) electrons. The summed E-state index contributed by atoms with van der Waals surface area (Å²) in [5.41, 5.74) is 1.95. The van der Waals surface area contributed by atoms with Gasteiger partial charge in [0.05, 0.1) is 7.11 Å². The molecule has 1 aromatic carbocycles. The van der Waals surface area contributed by atoms with Crippen LogP contribution in [0.5, 0.6) is 0 Å². The highest BCUT2D eigenvalue weighted by Crippen LogP contribution is 2.55. The summed E-state index contributed by atoms with van der Waals surface area (Å²) in [7, 11) is 1.38. The first-order valence-electron chi connectivity index (χ1n) is 5.97. The van der Waals surface area contributed by atoms with Crippen LogP contribution in [0.4, 0.5) is 0 Å². The molecular formula is C14H14ClNO2. The number of halogens is 1. The van der Waals surface area contributed by atoms with Crippen LogP contribution in [-0.2, 0) is 14.9 Å². The van der Waals surface area contributed by atoms with E-state index in [1.165, 1.54) is 7.11 Å². The smallest absolute Gasteiger partial charge is 0.324 e. The summed E-state index contributed by atoms with van der Waals surface area (Å²) in [6.07, 6.45) is 3.83. The molecule has 0 amide bonds. The molecule has 0 spiro atoms. The minimum atomic E-state index is -0.610. The molecule has 18 heavy (non-hydrogen) atoms. The van der Waals surface area contributed by atoms with Gasteiger partial charge in [-0.15, -0.1) is 11.6 Å². The molecule has 3 rings (SSSR count). The van der Waals surface area contributed by atoms with Crippen LogP contribution in [0.2, 0.25) is 0 Å². The number of nitrogens with one attached hydrogen (secondary N) is 1. The van der Waals surface area contributed by atoms with Crippen LogP contribution in [0.25, 0.3) is 10.9 Å². The second kappa shape index (κ2) is 4.02. The highest BCUT2D eigenvalue weighted by Gasteiger charge is 2.54. The number of fused-ring (bicyclic) bond motifs is 1. The number of H-pyrrole nitrogens is 1. The highest BCUT2D eigenvalue weighted by atomic mass is 35.5. The first kappa shape index (κ1) is 11.6. The Kier molecular flexibility index (Phi) is 2.59. The van der Waals surface area contributed by atoms with Crippen LogP contribution >= 0.6 is 11.6 Å². The van der Waals surface area contributed by atoms with Gasteiger partial charge >= 0.3 is 5.97 Å². The Balaban J connectivity index is 2.07. The molecule has 0 saturated heterocycles. The number of rotatable bonds is 3. The molecule has 94 valence electrons. The van der Waals surface area contributed by atoms with Crippen molar-refractivity contribution in [1.29, 1.82) is 0 Å². The number of alkyl halides is 1. The van der Waals surface area contributed by atoms with Gasteiger partial charge in [-0.2, -0.15) is 0 Å². The normalized spacial score (nSPS) is 18.6. The zero-order valence-electron chi connectivity index (χ0n) is 10.1. The minimum Gasteiger partial charge on any atom is -0.468 e. The number of carbonyl (C=O) groups is 1. The third-order valence-electron chi connectivity index (χ3n) is 3.81. The van der Waals surface area contributed by atoms with E-state index < -0.39 is 5.38 Å². The Morgan fingerprint density at radius 2 is 2.17 bits per heavy atom. The van der Waals surface area contributed by atoms with Crippen molar-refractivity contribution in [3.05, 3.63) is 36.0 Å². The molecule has 1 aliphatic rings. The molecule has 1 unspecified atom stereocenters. The van der Waals surface area contributed by atoms with Gasteiger partial charge in [0.25, 0.3) is 0 Å². The van der Waals surface area contributed by atoms with Crippen LogP contribution in [0, 0.1) is 0 Å². The van der Waals surface area contributed by atoms with Gasteiger partial charge in [0, 0.05) is 22.5 Å². The van der Waals surface area contributed by atoms with Crippen molar-refractivity contribution in [2.45, 2.75) is 23.6 Å². The van der Waals surface area contributed by atoms with E-state index in [2.05, 4.69) is 11.1 Å². The number of hydrogen-bond donors (Lipinski definition) is 1. The van der Waals surface area contributed by atoms with Crippen molar-refractivity contribution < 1.29 is 9.53 Å². The lowest BCUT2D eigenvalue weighted by molar-refractivity contribution is -0.140. The van der Waals surface area contributed by atoms with E-state index in [0.717, 1.165) is 29.3 Å². The zero-order chi connectivity index (χ0) is 12.8. The SMILES string of the molecule is COC(=O)C(Cl)C1(c2c[nH]c3ccccc23)CC1. The molecular weight excluding hydrogens is 250 g/mol. The number of hydrogen-bond acceptors (Lipinski definition) is 2. The molecule has 0 bridgehead atoms. The zero-order valence-corrected chi connectivity index (χ0v) is 10.8. The summed E-state index contributed by atoms with van der Waals surface area (Å²) in [5.74, 6) is -0.348. The maximum atomic E-state index is 11.7. The molecule has 0 aliphatic heterocycles. The van der Waals surface area contributed by atoms with Crippen LogP contribution in [0.3, 0.4) is 0 Å². The topological polar surface area (TPSA) is 42.1 Å². The van der Waals surface area contributed by atoms with E-state index in [-0.39, 0.29) is 11.4 Å². The largest absolute Gasteiger partial charge is 0.468 e. The average Bonchev–Trinajstić information content (AvgIpc) is 3.10. The van der Waals surface area contributed by atoms with Crippen LogP contribution in [0.1, 0.15) is 18.4 Å². The van der Waals surface area contributed by atoms with Crippen molar-refractivity contribution in [1.82, 2.24) is 4.98 Å². The van der Waals surface area contributed by atoms with E-state index >= 15 is 0 Å². The second-order valence-electron chi connectivity index (χ2n) is 4.79. The molecule has 1 N–H and O–H groups in total. The number of aromatic nitrogens is 1. The van der Waals surface area contributed by atoms with E-state index in [4.69, 9.17) is 16.3 Å². The minimum absolute atomic E-state index is 0.256. The molecule has 1 aliphatic carbocycles. The molecule has 1 heterocycles. The Bertz CT molecular complexity index is 601. The first-order valence-corrected chi connectivity index (χ1v) is 6.41. The maximum Gasteiger partial charge on any atom is 0.324 e. The summed E-state index contributed by atoms with van der Waals surface area (Å²) in [6, 6.07) is 8.07. The molecule has 1 aromatic heterocycles. The quantitative estimate of drug-likeness (QED) is 0.683. The van der Waals surface area contributed by atoms with E-state index in [9.17, 15) is 4.79 Å². The molecule has 3 nitrogen and oxygen atoms in total. The molecule has 2 aromatic rings. The Hall–Kier alpha value is -1.48. The lowest BCUT2D eigenvalue weighted by Crippen LogP contribution is -2.30. The summed E-state index contributed by atoms with van der Waals surface area (Å²) in [5, 5.41) is 0.534. The Morgan fingerprint density at radius 1 is 1.44 bits per heavy atom.